The number of aromatic nitrogens is 3. The highest BCUT2D eigenvalue weighted by atomic mass is 35.5. The molecule has 1 aromatic heterocycles. The Bertz CT molecular complexity index is 980. The average Bonchev–Trinajstić information content (AvgIpc) is 3.17. The van der Waals surface area contributed by atoms with Gasteiger partial charge in [-0.3, -0.25) is 4.79 Å². The van der Waals surface area contributed by atoms with Crippen molar-refractivity contribution in [3.05, 3.63) is 53.1 Å². The van der Waals surface area contributed by atoms with Crippen molar-refractivity contribution in [1.29, 1.82) is 0 Å². The highest BCUT2D eigenvalue weighted by Gasteiger charge is 2.19. The largest absolute Gasteiger partial charge is 0.491 e. The minimum Gasteiger partial charge on any atom is -0.491 e. The number of hydrogen-bond acceptors (Lipinski definition) is 4. The summed E-state index contributed by atoms with van der Waals surface area (Å²) < 4.78 is 7.73. The van der Waals surface area contributed by atoms with Crippen LogP contribution in [-0.2, 0) is 0 Å². The fourth-order valence-electron chi connectivity index (χ4n) is 3.78. The molecule has 0 spiro atoms. The van der Waals surface area contributed by atoms with Gasteiger partial charge in [-0.2, -0.15) is 0 Å². The van der Waals surface area contributed by atoms with Gasteiger partial charge in [0.25, 0.3) is 5.91 Å². The van der Waals surface area contributed by atoms with Crippen LogP contribution >= 0.6 is 11.6 Å². The summed E-state index contributed by atoms with van der Waals surface area (Å²) in [5.74, 6) is 0.572. The van der Waals surface area contributed by atoms with E-state index in [0.29, 0.717) is 23.2 Å². The summed E-state index contributed by atoms with van der Waals surface area (Å²) >= 11 is 5.87. The Morgan fingerprint density at radius 1 is 1.21 bits per heavy atom. The van der Waals surface area contributed by atoms with Crippen LogP contribution in [0.2, 0.25) is 5.02 Å². The molecule has 0 radical (unpaired) electrons. The number of hydrogen-bond donors (Lipinski definition) is 1. The third-order valence-electron chi connectivity index (χ3n) is 5.34. The molecule has 1 fully saturated rings. The minimum absolute atomic E-state index is 0.146. The maximum atomic E-state index is 12.6. The molecule has 1 saturated carbocycles. The SMILES string of the molecule is C[C@@H](COc1ccc(Cl)cc1)NC(=O)c1ccc2c(c1)nnn2C1CCCCC1. The third-order valence-corrected chi connectivity index (χ3v) is 5.60. The first-order valence-corrected chi connectivity index (χ1v) is 10.5. The first-order valence-electron chi connectivity index (χ1n) is 10.1. The number of halogens is 1. The summed E-state index contributed by atoms with van der Waals surface area (Å²) in [6, 6.07) is 13.0. The lowest BCUT2D eigenvalue weighted by molar-refractivity contribution is 0.0927. The van der Waals surface area contributed by atoms with Gasteiger partial charge >= 0.3 is 0 Å². The van der Waals surface area contributed by atoms with Gasteiger partial charge in [0, 0.05) is 10.6 Å². The number of carbonyl (C=O) groups excluding carboxylic acids is 1. The van der Waals surface area contributed by atoms with Crippen LogP contribution in [0.5, 0.6) is 5.75 Å². The van der Waals surface area contributed by atoms with E-state index in [-0.39, 0.29) is 11.9 Å². The third kappa shape index (κ3) is 4.70. The van der Waals surface area contributed by atoms with E-state index >= 15 is 0 Å². The van der Waals surface area contributed by atoms with Crippen molar-refractivity contribution in [2.24, 2.45) is 0 Å². The molecule has 29 heavy (non-hydrogen) atoms. The Morgan fingerprint density at radius 3 is 2.72 bits per heavy atom. The quantitative estimate of drug-likeness (QED) is 0.632. The van der Waals surface area contributed by atoms with Crippen LogP contribution in [0.25, 0.3) is 11.0 Å². The lowest BCUT2D eigenvalue weighted by atomic mass is 9.95. The topological polar surface area (TPSA) is 69.0 Å². The molecule has 0 aliphatic heterocycles. The second-order valence-electron chi connectivity index (χ2n) is 7.67. The van der Waals surface area contributed by atoms with E-state index in [1.807, 2.05) is 29.8 Å². The maximum absolute atomic E-state index is 12.6. The number of nitrogens with zero attached hydrogens (tertiary/aromatic N) is 3. The highest BCUT2D eigenvalue weighted by Crippen LogP contribution is 2.30. The van der Waals surface area contributed by atoms with Crippen molar-refractivity contribution >= 4 is 28.5 Å². The Morgan fingerprint density at radius 2 is 1.97 bits per heavy atom. The van der Waals surface area contributed by atoms with Crippen molar-refractivity contribution < 1.29 is 9.53 Å². The molecule has 1 atom stereocenters. The molecule has 0 bridgehead atoms. The number of carbonyl (C=O) groups is 1. The number of rotatable bonds is 6. The first-order chi connectivity index (χ1) is 14.1. The summed E-state index contributed by atoms with van der Waals surface area (Å²) in [6.07, 6.45) is 6.07. The monoisotopic (exact) mass is 412 g/mol. The molecule has 1 heterocycles. The smallest absolute Gasteiger partial charge is 0.251 e. The maximum Gasteiger partial charge on any atom is 0.251 e. The van der Waals surface area contributed by atoms with Crippen LogP contribution in [-0.4, -0.2) is 33.5 Å². The molecular weight excluding hydrogens is 388 g/mol. The van der Waals surface area contributed by atoms with Gasteiger partial charge in [0.15, 0.2) is 0 Å². The van der Waals surface area contributed by atoms with Gasteiger partial charge in [-0.1, -0.05) is 36.1 Å². The van der Waals surface area contributed by atoms with E-state index in [1.165, 1.54) is 19.3 Å². The molecule has 3 aromatic rings. The van der Waals surface area contributed by atoms with Crippen LogP contribution in [0.3, 0.4) is 0 Å². The molecule has 0 saturated heterocycles. The molecular formula is C22H25ClN4O2. The van der Waals surface area contributed by atoms with Crippen LogP contribution in [0.4, 0.5) is 0 Å². The predicted molar refractivity (Wildman–Crippen MR) is 114 cm³/mol. The Kier molecular flexibility index (Phi) is 6.00. The van der Waals surface area contributed by atoms with Gasteiger partial charge in [0.2, 0.25) is 0 Å². The summed E-state index contributed by atoms with van der Waals surface area (Å²) in [7, 11) is 0. The van der Waals surface area contributed by atoms with Crippen molar-refractivity contribution in [3.8, 4) is 5.75 Å². The number of benzene rings is 2. The number of nitrogens with one attached hydrogen (secondary N) is 1. The summed E-state index contributed by atoms with van der Waals surface area (Å²) in [6.45, 7) is 2.28. The second kappa shape index (κ2) is 8.82. The molecule has 0 unspecified atom stereocenters. The first kappa shape index (κ1) is 19.7. The number of ether oxygens (including phenoxy) is 1. The fraction of sp³-hybridized carbons (Fsp3) is 0.409. The van der Waals surface area contributed by atoms with Crippen LogP contribution in [0.15, 0.2) is 42.5 Å². The summed E-state index contributed by atoms with van der Waals surface area (Å²) in [4.78, 5) is 12.6. The predicted octanol–water partition coefficient (Wildman–Crippen LogP) is 4.79. The lowest BCUT2D eigenvalue weighted by Crippen LogP contribution is -2.36. The van der Waals surface area contributed by atoms with E-state index in [2.05, 4.69) is 15.6 Å². The van der Waals surface area contributed by atoms with Gasteiger partial charge in [0.05, 0.1) is 17.6 Å². The van der Waals surface area contributed by atoms with E-state index < -0.39 is 0 Å². The van der Waals surface area contributed by atoms with E-state index in [0.717, 1.165) is 29.6 Å². The van der Waals surface area contributed by atoms with Gasteiger partial charge in [-0.15, -0.1) is 5.10 Å². The van der Waals surface area contributed by atoms with E-state index in [9.17, 15) is 4.79 Å². The molecule has 1 amide bonds. The van der Waals surface area contributed by atoms with E-state index in [4.69, 9.17) is 16.3 Å². The van der Waals surface area contributed by atoms with Gasteiger partial charge < -0.3 is 10.1 Å². The van der Waals surface area contributed by atoms with Gasteiger partial charge in [-0.05, 0) is 62.2 Å². The number of amides is 1. The normalized spacial score (nSPS) is 15.9. The minimum atomic E-state index is -0.147. The zero-order chi connectivity index (χ0) is 20.2. The molecule has 2 aromatic carbocycles. The summed E-state index contributed by atoms with van der Waals surface area (Å²) in [5, 5.41) is 12.3. The Balaban J connectivity index is 1.38. The molecule has 4 rings (SSSR count). The summed E-state index contributed by atoms with van der Waals surface area (Å²) in [5.41, 5.74) is 2.33. The zero-order valence-corrected chi connectivity index (χ0v) is 17.2. The molecule has 1 N–H and O–H groups in total. The van der Waals surface area contributed by atoms with Crippen molar-refractivity contribution in [2.45, 2.75) is 51.1 Å². The molecule has 7 heteroatoms. The van der Waals surface area contributed by atoms with Crippen LogP contribution in [0, 0.1) is 0 Å². The van der Waals surface area contributed by atoms with Crippen molar-refractivity contribution in [2.75, 3.05) is 6.61 Å². The fourth-order valence-corrected chi connectivity index (χ4v) is 3.91. The molecule has 1 aliphatic carbocycles. The Hall–Kier alpha value is -2.60. The lowest BCUT2D eigenvalue weighted by Gasteiger charge is -2.21. The van der Waals surface area contributed by atoms with Crippen molar-refractivity contribution in [3.63, 3.8) is 0 Å². The van der Waals surface area contributed by atoms with Crippen molar-refractivity contribution in [1.82, 2.24) is 20.3 Å². The van der Waals surface area contributed by atoms with Gasteiger partial charge in [0.1, 0.15) is 17.9 Å². The van der Waals surface area contributed by atoms with Crippen LogP contribution in [0.1, 0.15) is 55.4 Å². The average molecular weight is 413 g/mol. The zero-order valence-electron chi connectivity index (χ0n) is 16.5. The van der Waals surface area contributed by atoms with E-state index in [1.54, 1.807) is 24.3 Å². The molecule has 6 nitrogen and oxygen atoms in total. The Labute approximate surface area is 175 Å². The van der Waals surface area contributed by atoms with Crippen LogP contribution < -0.4 is 10.1 Å². The van der Waals surface area contributed by atoms with Gasteiger partial charge in [-0.25, -0.2) is 4.68 Å². The molecule has 1 aliphatic rings. The number of fused-ring (bicyclic) bond motifs is 1. The molecule has 152 valence electrons. The standard InChI is InChI=1S/C22H25ClN4O2/c1-15(14-29-19-10-8-17(23)9-11-19)24-22(28)16-7-12-21-20(13-16)25-26-27(21)18-5-3-2-4-6-18/h7-13,15,18H,2-6,14H2,1H3,(H,24,28)/t15-/m0/s1. The highest BCUT2D eigenvalue weighted by molar-refractivity contribution is 6.30. The second-order valence-corrected chi connectivity index (χ2v) is 8.11.